The van der Waals surface area contributed by atoms with Crippen molar-refractivity contribution in [3.63, 3.8) is 0 Å². The Kier molecular flexibility index (Phi) is 7.15. The SMILES string of the molecule is CCOc1ccc(NC(=O)CN(c2ccccc2OC)S(=O)(=O)c2ccccc2)cc1. The highest BCUT2D eigenvalue weighted by Crippen LogP contribution is 2.32. The average Bonchev–Trinajstić information content (AvgIpc) is 2.79. The molecule has 0 aromatic heterocycles. The number of rotatable bonds is 9. The van der Waals surface area contributed by atoms with Crippen LogP contribution in [0.5, 0.6) is 11.5 Å². The van der Waals surface area contributed by atoms with Crippen LogP contribution in [0.1, 0.15) is 6.92 Å². The number of hydrogen-bond donors (Lipinski definition) is 1. The number of sulfonamides is 1. The summed E-state index contributed by atoms with van der Waals surface area (Å²) >= 11 is 0. The molecule has 0 aliphatic heterocycles. The normalized spacial score (nSPS) is 10.9. The van der Waals surface area contributed by atoms with Crippen LogP contribution < -0.4 is 19.1 Å². The van der Waals surface area contributed by atoms with E-state index < -0.39 is 22.5 Å². The van der Waals surface area contributed by atoms with Crippen molar-refractivity contribution in [1.29, 1.82) is 0 Å². The minimum atomic E-state index is -4.02. The average molecular weight is 441 g/mol. The molecule has 0 spiro atoms. The summed E-state index contributed by atoms with van der Waals surface area (Å²) in [6, 6.07) is 21.5. The Labute approximate surface area is 182 Å². The monoisotopic (exact) mass is 440 g/mol. The van der Waals surface area contributed by atoms with Gasteiger partial charge in [-0.1, -0.05) is 30.3 Å². The Morgan fingerprint density at radius 1 is 0.935 bits per heavy atom. The zero-order valence-electron chi connectivity index (χ0n) is 17.3. The van der Waals surface area contributed by atoms with Crippen molar-refractivity contribution in [3.8, 4) is 11.5 Å². The van der Waals surface area contributed by atoms with Gasteiger partial charge in [0.1, 0.15) is 18.0 Å². The quantitative estimate of drug-likeness (QED) is 0.545. The van der Waals surface area contributed by atoms with Gasteiger partial charge in [-0.2, -0.15) is 0 Å². The van der Waals surface area contributed by atoms with E-state index in [4.69, 9.17) is 9.47 Å². The van der Waals surface area contributed by atoms with Gasteiger partial charge >= 0.3 is 0 Å². The van der Waals surface area contributed by atoms with Crippen molar-refractivity contribution in [2.24, 2.45) is 0 Å². The second-order valence-electron chi connectivity index (χ2n) is 6.50. The minimum Gasteiger partial charge on any atom is -0.495 e. The van der Waals surface area contributed by atoms with Crippen LogP contribution in [-0.4, -0.2) is 34.6 Å². The molecule has 0 heterocycles. The van der Waals surface area contributed by atoms with Crippen molar-refractivity contribution < 1.29 is 22.7 Å². The lowest BCUT2D eigenvalue weighted by Crippen LogP contribution is -2.38. The lowest BCUT2D eigenvalue weighted by Gasteiger charge is -2.25. The van der Waals surface area contributed by atoms with Crippen molar-refractivity contribution in [1.82, 2.24) is 0 Å². The molecule has 162 valence electrons. The molecule has 0 saturated carbocycles. The largest absolute Gasteiger partial charge is 0.495 e. The molecule has 0 bridgehead atoms. The summed E-state index contributed by atoms with van der Waals surface area (Å²) in [5.74, 6) is 0.535. The van der Waals surface area contributed by atoms with E-state index in [1.165, 1.54) is 19.2 Å². The minimum absolute atomic E-state index is 0.0785. The fraction of sp³-hybridized carbons (Fsp3) is 0.174. The third-order valence-corrected chi connectivity index (χ3v) is 6.20. The summed E-state index contributed by atoms with van der Waals surface area (Å²) in [4.78, 5) is 12.9. The standard InChI is InChI=1S/C23H24N2O5S/c1-3-30-19-15-13-18(14-16-19)24-23(26)17-25(21-11-7-8-12-22(21)29-2)31(27,28)20-9-5-4-6-10-20/h4-16H,3,17H2,1-2H3,(H,24,26). The first-order valence-electron chi connectivity index (χ1n) is 9.69. The summed E-state index contributed by atoms with van der Waals surface area (Å²) in [6.07, 6.45) is 0. The number of amides is 1. The van der Waals surface area contributed by atoms with Gasteiger partial charge in [0.25, 0.3) is 10.0 Å². The predicted molar refractivity (Wildman–Crippen MR) is 120 cm³/mol. The summed E-state index contributed by atoms with van der Waals surface area (Å²) in [7, 11) is -2.57. The summed E-state index contributed by atoms with van der Waals surface area (Å²) in [6.45, 7) is 2.00. The van der Waals surface area contributed by atoms with Crippen LogP contribution in [0.3, 0.4) is 0 Å². The molecule has 0 saturated heterocycles. The number of methoxy groups -OCH3 is 1. The van der Waals surface area contributed by atoms with Crippen LogP contribution in [0, 0.1) is 0 Å². The number of para-hydroxylation sites is 2. The van der Waals surface area contributed by atoms with Gasteiger partial charge < -0.3 is 14.8 Å². The highest BCUT2D eigenvalue weighted by molar-refractivity contribution is 7.92. The van der Waals surface area contributed by atoms with E-state index in [1.54, 1.807) is 66.7 Å². The first-order chi connectivity index (χ1) is 15.0. The van der Waals surface area contributed by atoms with Crippen molar-refractivity contribution in [3.05, 3.63) is 78.9 Å². The molecule has 0 unspecified atom stereocenters. The zero-order chi connectivity index (χ0) is 22.3. The zero-order valence-corrected chi connectivity index (χ0v) is 18.1. The van der Waals surface area contributed by atoms with Gasteiger partial charge in [0.15, 0.2) is 0 Å². The number of hydrogen-bond acceptors (Lipinski definition) is 5. The lowest BCUT2D eigenvalue weighted by molar-refractivity contribution is -0.114. The Morgan fingerprint density at radius 2 is 1.58 bits per heavy atom. The molecule has 0 aliphatic carbocycles. The maximum absolute atomic E-state index is 13.4. The Morgan fingerprint density at radius 3 is 2.23 bits per heavy atom. The van der Waals surface area contributed by atoms with Crippen LogP contribution >= 0.6 is 0 Å². The fourth-order valence-corrected chi connectivity index (χ4v) is 4.44. The molecule has 0 radical (unpaired) electrons. The van der Waals surface area contributed by atoms with Crippen LogP contribution in [0.25, 0.3) is 0 Å². The Hall–Kier alpha value is -3.52. The molecular formula is C23H24N2O5S. The van der Waals surface area contributed by atoms with E-state index in [-0.39, 0.29) is 10.6 Å². The number of nitrogens with one attached hydrogen (secondary N) is 1. The van der Waals surface area contributed by atoms with Crippen LogP contribution in [0.2, 0.25) is 0 Å². The summed E-state index contributed by atoms with van der Waals surface area (Å²) in [5, 5.41) is 2.73. The van der Waals surface area contributed by atoms with Gasteiger partial charge in [0.05, 0.1) is 24.3 Å². The Bertz CT molecular complexity index is 1120. The number of anilines is 2. The first-order valence-corrected chi connectivity index (χ1v) is 11.1. The topological polar surface area (TPSA) is 84.9 Å². The van der Waals surface area contributed by atoms with Crippen molar-refractivity contribution in [2.75, 3.05) is 29.9 Å². The number of carbonyl (C=O) groups is 1. The smallest absolute Gasteiger partial charge is 0.264 e. The molecule has 0 aliphatic rings. The maximum Gasteiger partial charge on any atom is 0.264 e. The van der Waals surface area contributed by atoms with Gasteiger partial charge in [0, 0.05) is 5.69 Å². The molecule has 8 heteroatoms. The number of benzene rings is 3. The van der Waals surface area contributed by atoms with Crippen molar-refractivity contribution in [2.45, 2.75) is 11.8 Å². The molecule has 1 amide bonds. The van der Waals surface area contributed by atoms with E-state index >= 15 is 0 Å². The second kappa shape index (κ2) is 9.99. The molecule has 3 aromatic rings. The fourth-order valence-electron chi connectivity index (χ4n) is 2.99. The summed E-state index contributed by atoms with van der Waals surface area (Å²) in [5.41, 5.74) is 0.807. The van der Waals surface area contributed by atoms with Crippen LogP contribution in [-0.2, 0) is 14.8 Å². The third-order valence-electron chi connectivity index (χ3n) is 4.42. The third kappa shape index (κ3) is 5.35. The van der Waals surface area contributed by atoms with Gasteiger partial charge in [-0.3, -0.25) is 9.10 Å². The van der Waals surface area contributed by atoms with E-state index in [1.807, 2.05) is 6.92 Å². The summed E-state index contributed by atoms with van der Waals surface area (Å²) < 4.78 is 38.5. The van der Waals surface area contributed by atoms with E-state index in [9.17, 15) is 13.2 Å². The molecule has 7 nitrogen and oxygen atoms in total. The van der Waals surface area contributed by atoms with Crippen molar-refractivity contribution >= 4 is 27.3 Å². The molecular weight excluding hydrogens is 416 g/mol. The number of nitrogens with zero attached hydrogens (tertiary/aromatic N) is 1. The Balaban J connectivity index is 1.90. The van der Waals surface area contributed by atoms with Gasteiger partial charge in [-0.25, -0.2) is 8.42 Å². The van der Waals surface area contributed by atoms with Gasteiger partial charge in [-0.05, 0) is 55.5 Å². The number of carbonyl (C=O) groups excluding carboxylic acids is 1. The number of ether oxygens (including phenoxy) is 2. The highest BCUT2D eigenvalue weighted by Gasteiger charge is 2.29. The molecule has 3 rings (SSSR count). The van der Waals surface area contributed by atoms with Gasteiger partial charge in [0.2, 0.25) is 5.91 Å². The van der Waals surface area contributed by atoms with E-state index in [0.717, 1.165) is 4.31 Å². The molecule has 0 atom stereocenters. The van der Waals surface area contributed by atoms with E-state index in [2.05, 4.69) is 5.32 Å². The molecule has 31 heavy (non-hydrogen) atoms. The van der Waals surface area contributed by atoms with E-state index in [0.29, 0.717) is 23.8 Å². The van der Waals surface area contributed by atoms with Crippen LogP contribution in [0.15, 0.2) is 83.8 Å². The molecule has 3 aromatic carbocycles. The lowest BCUT2D eigenvalue weighted by atomic mass is 10.3. The predicted octanol–water partition coefficient (Wildman–Crippen LogP) is 3.93. The van der Waals surface area contributed by atoms with Crippen LogP contribution in [0.4, 0.5) is 11.4 Å². The highest BCUT2D eigenvalue weighted by atomic mass is 32.2. The molecule has 1 N–H and O–H groups in total. The van der Waals surface area contributed by atoms with Gasteiger partial charge in [-0.15, -0.1) is 0 Å². The molecule has 0 fully saturated rings. The first kappa shape index (κ1) is 22.2. The second-order valence-corrected chi connectivity index (χ2v) is 8.36. The maximum atomic E-state index is 13.4.